The van der Waals surface area contributed by atoms with Crippen molar-refractivity contribution in [3.8, 4) is 0 Å². The molecular formula is C16H29NaO10S. The van der Waals surface area contributed by atoms with Gasteiger partial charge in [0.1, 0.15) is 0 Å². The van der Waals surface area contributed by atoms with Crippen molar-refractivity contribution in [1.29, 1.82) is 0 Å². The van der Waals surface area contributed by atoms with Gasteiger partial charge in [-0.2, -0.15) is 8.42 Å². The fourth-order valence-electron chi connectivity index (χ4n) is 1.72. The summed E-state index contributed by atoms with van der Waals surface area (Å²) >= 11 is 0. The zero-order valence-electron chi connectivity index (χ0n) is 16.4. The largest absolute Gasteiger partial charge is 1.00 e. The number of carbonyl (C=O) groups excluding carboxylic acids is 1. The van der Waals surface area contributed by atoms with Crippen LogP contribution in [0.2, 0.25) is 0 Å². The Balaban J connectivity index is -0.000000174. The van der Waals surface area contributed by atoms with E-state index in [1.54, 1.807) is 0 Å². The maximum atomic E-state index is 10.1. The minimum Gasteiger partial charge on any atom is -0.550 e. The topological polar surface area (TPSA) is 189 Å². The molecule has 0 rings (SSSR count). The van der Waals surface area contributed by atoms with Crippen LogP contribution in [0, 0.1) is 0 Å². The van der Waals surface area contributed by atoms with Crippen LogP contribution in [0.25, 0.3) is 0 Å². The molecule has 0 aliphatic heterocycles. The molecule has 0 bridgehead atoms. The summed E-state index contributed by atoms with van der Waals surface area (Å²) in [4.78, 5) is 29.2. The molecule has 0 radical (unpaired) electrons. The molecule has 12 heteroatoms. The summed E-state index contributed by atoms with van der Waals surface area (Å²) in [5.74, 6) is -3.42. The molecule has 0 unspecified atom stereocenters. The zero-order valence-corrected chi connectivity index (χ0v) is 19.2. The molecule has 0 aromatic rings. The minimum atomic E-state index is -4.67. The SMILES string of the molecule is CCCCCCCCCCCC(=O)[O-].O=C(O)/C=C\C(=O)O.O=S(=O)(O)O.[Na+]. The van der Waals surface area contributed by atoms with Gasteiger partial charge in [-0.15, -0.1) is 0 Å². The van der Waals surface area contributed by atoms with Crippen LogP contribution < -0.4 is 34.7 Å². The minimum absolute atomic E-state index is 0. The Morgan fingerprint density at radius 3 is 1.32 bits per heavy atom. The number of hydrogen-bond acceptors (Lipinski definition) is 6. The number of rotatable bonds is 12. The first-order valence-electron chi connectivity index (χ1n) is 8.43. The van der Waals surface area contributed by atoms with E-state index in [2.05, 4.69) is 6.92 Å². The first-order chi connectivity index (χ1) is 12.4. The fraction of sp³-hybridized carbons (Fsp3) is 0.688. The van der Waals surface area contributed by atoms with E-state index in [1.165, 1.54) is 44.9 Å². The molecule has 0 aliphatic carbocycles. The Bertz CT molecular complexity index is 508. The summed E-state index contributed by atoms with van der Waals surface area (Å²) < 4.78 is 31.6. The second-order valence-electron chi connectivity index (χ2n) is 5.41. The van der Waals surface area contributed by atoms with Crippen molar-refractivity contribution in [3.05, 3.63) is 12.2 Å². The molecule has 0 aromatic heterocycles. The third-order valence-electron chi connectivity index (χ3n) is 2.85. The van der Waals surface area contributed by atoms with Crippen molar-refractivity contribution < 1.29 is 76.8 Å². The molecule has 0 aliphatic rings. The quantitative estimate of drug-likeness (QED) is 0.124. The van der Waals surface area contributed by atoms with Gasteiger partial charge >= 0.3 is 51.9 Å². The van der Waals surface area contributed by atoms with Gasteiger partial charge in [0.25, 0.3) is 0 Å². The van der Waals surface area contributed by atoms with Gasteiger partial charge in [-0.1, -0.05) is 58.3 Å². The van der Waals surface area contributed by atoms with E-state index in [0.29, 0.717) is 12.2 Å². The van der Waals surface area contributed by atoms with Gasteiger partial charge in [-0.3, -0.25) is 9.11 Å². The van der Waals surface area contributed by atoms with Gasteiger partial charge in [-0.05, 0) is 12.8 Å². The summed E-state index contributed by atoms with van der Waals surface area (Å²) in [6, 6.07) is 0. The number of carboxylic acid groups (broad SMARTS) is 3. The van der Waals surface area contributed by atoms with Crippen molar-refractivity contribution in [2.45, 2.75) is 71.1 Å². The Morgan fingerprint density at radius 1 is 0.786 bits per heavy atom. The van der Waals surface area contributed by atoms with Crippen LogP contribution >= 0.6 is 0 Å². The maximum Gasteiger partial charge on any atom is 1.00 e. The summed E-state index contributed by atoms with van der Waals surface area (Å²) in [6.07, 6.45) is 12.3. The van der Waals surface area contributed by atoms with Crippen molar-refractivity contribution >= 4 is 28.3 Å². The molecule has 0 aromatic carbocycles. The molecule has 0 atom stereocenters. The molecule has 160 valence electrons. The van der Waals surface area contributed by atoms with E-state index in [0.717, 1.165) is 12.8 Å². The zero-order chi connectivity index (χ0) is 21.7. The monoisotopic (exact) mass is 436 g/mol. The molecule has 0 amide bonds. The second kappa shape index (κ2) is 24.1. The Labute approximate surface area is 187 Å². The molecular weight excluding hydrogens is 407 g/mol. The van der Waals surface area contributed by atoms with Gasteiger partial charge < -0.3 is 20.1 Å². The maximum absolute atomic E-state index is 10.1. The normalized spacial score (nSPS) is 9.96. The summed E-state index contributed by atoms with van der Waals surface area (Å²) in [5, 5.41) is 25.7. The first kappa shape index (κ1) is 34.5. The number of unbranched alkanes of at least 4 members (excludes halogenated alkanes) is 8. The molecule has 4 N–H and O–H groups in total. The van der Waals surface area contributed by atoms with E-state index < -0.39 is 28.3 Å². The molecule has 0 spiro atoms. The fourth-order valence-corrected chi connectivity index (χ4v) is 1.72. The number of carbonyl (C=O) groups is 3. The van der Waals surface area contributed by atoms with Crippen LogP contribution in [-0.4, -0.2) is 45.6 Å². The third-order valence-corrected chi connectivity index (χ3v) is 2.85. The van der Waals surface area contributed by atoms with Crippen LogP contribution in [-0.2, 0) is 24.8 Å². The van der Waals surface area contributed by atoms with E-state index in [1.807, 2.05) is 0 Å². The van der Waals surface area contributed by atoms with Crippen molar-refractivity contribution in [1.82, 2.24) is 0 Å². The average Bonchev–Trinajstić information content (AvgIpc) is 2.50. The standard InChI is InChI=1S/C12H24O2.C4H4O4.Na.H2O4S/c1-2-3-4-5-6-7-8-9-10-11-12(13)14;5-3(6)1-2-4(7)8;;1-5(2,3)4/h2-11H2,1H3,(H,13,14);1-2H,(H,5,6)(H,7,8);;(H2,1,2,3,4)/q;;+1;/p-1/b;2-1-;;. The van der Waals surface area contributed by atoms with Gasteiger partial charge in [0.05, 0.1) is 0 Å². The van der Waals surface area contributed by atoms with Crippen molar-refractivity contribution in [2.24, 2.45) is 0 Å². The first-order valence-corrected chi connectivity index (χ1v) is 9.83. The van der Waals surface area contributed by atoms with Crippen LogP contribution in [0.5, 0.6) is 0 Å². The third kappa shape index (κ3) is 64.0. The Kier molecular flexibility index (Phi) is 29.7. The second-order valence-corrected chi connectivity index (χ2v) is 6.30. The predicted octanol–water partition coefficient (Wildman–Crippen LogP) is -1.28. The summed E-state index contributed by atoms with van der Waals surface area (Å²) in [6.45, 7) is 2.22. The van der Waals surface area contributed by atoms with Crippen LogP contribution in [0.15, 0.2) is 12.2 Å². The van der Waals surface area contributed by atoms with Crippen LogP contribution in [0.4, 0.5) is 0 Å². The van der Waals surface area contributed by atoms with Gasteiger partial charge in [-0.25, -0.2) is 9.59 Å². The van der Waals surface area contributed by atoms with Gasteiger partial charge in [0, 0.05) is 18.1 Å². The molecule has 0 fully saturated rings. The molecule has 0 heterocycles. The van der Waals surface area contributed by atoms with Crippen molar-refractivity contribution in [2.75, 3.05) is 0 Å². The summed E-state index contributed by atoms with van der Waals surface area (Å²) in [7, 11) is -4.67. The molecule has 10 nitrogen and oxygen atoms in total. The Morgan fingerprint density at radius 2 is 1.07 bits per heavy atom. The van der Waals surface area contributed by atoms with E-state index in [9.17, 15) is 19.5 Å². The predicted molar refractivity (Wildman–Crippen MR) is 95.4 cm³/mol. The summed E-state index contributed by atoms with van der Waals surface area (Å²) in [5.41, 5.74) is 0. The van der Waals surface area contributed by atoms with Crippen LogP contribution in [0.1, 0.15) is 71.1 Å². The van der Waals surface area contributed by atoms with Crippen LogP contribution in [0.3, 0.4) is 0 Å². The van der Waals surface area contributed by atoms with E-state index >= 15 is 0 Å². The van der Waals surface area contributed by atoms with Crippen molar-refractivity contribution in [3.63, 3.8) is 0 Å². The van der Waals surface area contributed by atoms with E-state index in [4.69, 9.17) is 27.7 Å². The van der Waals surface area contributed by atoms with E-state index in [-0.39, 0.29) is 36.0 Å². The molecule has 0 saturated carbocycles. The number of carboxylic acids is 3. The number of aliphatic carboxylic acids is 3. The smallest absolute Gasteiger partial charge is 0.550 e. The number of hydrogen-bond donors (Lipinski definition) is 4. The van der Waals surface area contributed by atoms with Gasteiger partial charge in [0.15, 0.2) is 0 Å². The molecule has 28 heavy (non-hydrogen) atoms. The average molecular weight is 436 g/mol. The van der Waals surface area contributed by atoms with Gasteiger partial charge in [0.2, 0.25) is 0 Å². The Hall–Kier alpha value is -0.980. The molecule has 0 saturated heterocycles.